The molecule has 7 aromatic carbocycles. The van der Waals surface area contributed by atoms with Crippen molar-refractivity contribution in [2.24, 2.45) is 0 Å². The summed E-state index contributed by atoms with van der Waals surface area (Å²) in [4.78, 5) is 14.6. The Hall–Kier alpha value is -7.56. The van der Waals surface area contributed by atoms with Crippen LogP contribution in [0.3, 0.4) is 0 Å². The van der Waals surface area contributed by atoms with E-state index >= 15 is 0 Å². The van der Waals surface area contributed by atoms with Crippen molar-refractivity contribution in [3.63, 3.8) is 0 Å². The summed E-state index contributed by atoms with van der Waals surface area (Å²) in [6.07, 6.45) is 3.78. The van der Waals surface area contributed by atoms with Crippen LogP contribution in [0.4, 0.5) is 34.4 Å². The lowest BCUT2D eigenvalue weighted by molar-refractivity contribution is 0.660. The number of anilines is 6. The van der Waals surface area contributed by atoms with E-state index < -0.39 is 5.41 Å². The van der Waals surface area contributed by atoms with E-state index in [9.17, 15) is 0 Å². The van der Waals surface area contributed by atoms with Crippen LogP contribution in [0.1, 0.15) is 47.2 Å². The van der Waals surface area contributed by atoms with E-state index in [1.807, 2.05) is 24.5 Å². The SMILES string of the molecule is CC1(C)c2ccccc2-c2c(N(c3ccccc3)c3ccccn3)cc3c(c21)-c1ccc(N(c2ccccc2)c2ccccn2)cc1C31c2ccccc2-c2ccccc21. The van der Waals surface area contributed by atoms with Crippen LogP contribution < -0.4 is 9.80 Å². The summed E-state index contributed by atoms with van der Waals surface area (Å²) < 4.78 is 0. The molecule has 0 bridgehead atoms. The number of hydrogen-bond donors (Lipinski definition) is 0. The maximum absolute atomic E-state index is 5.05. The number of pyridine rings is 2. The lowest BCUT2D eigenvalue weighted by Crippen LogP contribution is -2.27. The maximum Gasteiger partial charge on any atom is 0.137 e. The van der Waals surface area contributed by atoms with E-state index in [0.717, 1.165) is 34.4 Å². The summed E-state index contributed by atoms with van der Waals surface area (Å²) in [5.41, 5.74) is 18.9. The zero-order valence-electron chi connectivity index (χ0n) is 33.4. The van der Waals surface area contributed by atoms with Gasteiger partial charge in [-0.1, -0.05) is 141 Å². The van der Waals surface area contributed by atoms with Gasteiger partial charge in [0.15, 0.2) is 0 Å². The molecule has 3 aliphatic rings. The van der Waals surface area contributed by atoms with Crippen LogP contribution in [0.15, 0.2) is 207 Å². The zero-order valence-corrected chi connectivity index (χ0v) is 33.4. The predicted octanol–water partition coefficient (Wildman–Crippen LogP) is 14.1. The molecule has 0 saturated carbocycles. The molecular weight excluding hydrogens is 729 g/mol. The first-order valence-electron chi connectivity index (χ1n) is 20.8. The highest BCUT2D eigenvalue weighted by molar-refractivity contribution is 6.05. The van der Waals surface area contributed by atoms with Gasteiger partial charge in [0.2, 0.25) is 0 Å². The molecule has 0 saturated heterocycles. The Bertz CT molecular complexity index is 3000. The Kier molecular flexibility index (Phi) is 7.45. The van der Waals surface area contributed by atoms with E-state index in [4.69, 9.17) is 9.97 Å². The quantitative estimate of drug-likeness (QED) is 0.169. The molecule has 12 rings (SSSR count). The molecular formula is C56H40N4. The van der Waals surface area contributed by atoms with Crippen LogP contribution in [-0.2, 0) is 10.8 Å². The van der Waals surface area contributed by atoms with Gasteiger partial charge < -0.3 is 0 Å². The summed E-state index contributed by atoms with van der Waals surface area (Å²) in [6, 6.07) is 70.6. The molecule has 284 valence electrons. The van der Waals surface area contributed by atoms with Gasteiger partial charge in [0.05, 0.1) is 11.1 Å². The average Bonchev–Trinajstić information content (AvgIpc) is 3.86. The molecule has 0 N–H and O–H groups in total. The van der Waals surface area contributed by atoms with Crippen molar-refractivity contribution < 1.29 is 0 Å². The number of hydrogen-bond acceptors (Lipinski definition) is 4. The molecule has 0 amide bonds. The van der Waals surface area contributed by atoms with Gasteiger partial charge in [-0.3, -0.25) is 9.80 Å². The molecule has 0 unspecified atom stereocenters. The summed E-state index contributed by atoms with van der Waals surface area (Å²) >= 11 is 0. The molecule has 4 nitrogen and oxygen atoms in total. The number of nitrogens with zero attached hydrogens (tertiary/aromatic N) is 4. The van der Waals surface area contributed by atoms with E-state index in [0.29, 0.717) is 0 Å². The van der Waals surface area contributed by atoms with Gasteiger partial charge in [-0.05, 0) is 128 Å². The van der Waals surface area contributed by atoms with Crippen LogP contribution in [0, 0.1) is 0 Å². The molecule has 0 fully saturated rings. The summed E-state index contributed by atoms with van der Waals surface area (Å²) in [5.74, 6) is 1.75. The van der Waals surface area contributed by atoms with Crippen LogP contribution in [0.5, 0.6) is 0 Å². The highest BCUT2D eigenvalue weighted by atomic mass is 15.2. The highest BCUT2D eigenvalue weighted by Gasteiger charge is 2.55. The number of fused-ring (bicyclic) bond motifs is 14. The zero-order chi connectivity index (χ0) is 40.0. The third kappa shape index (κ3) is 4.67. The van der Waals surface area contributed by atoms with Gasteiger partial charge >= 0.3 is 0 Å². The average molecular weight is 769 g/mol. The monoisotopic (exact) mass is 768 g/mol. The first-order valence-corrected chi connectivity index (χ1v) is 20.8. The fourth-order valence-electron chi connectivity index (χ4n) is 10.8. The second-order valence-electron chi connectivity index (χ2n) is 16.5. The van der Waals surface area contributed by atoms with Gasteiger partial charge in [-0.2, -0.15) is 0 Å². The van der Waals surface area contributed by atoms with Crippen molar-refractivity contribution in [2.45, 2.75) is 24.7 Å². The molecule has 1 spiro atoms. The van der Waals surface area contributed by atoms with Gasteiger partial charge in [-0.15, -0.1) is 0 Å². The molecule has 0 radical (unpaired) electrons. The number of aromatic nitrogens is 2. The molecule has 2 heterocycles. The minimum atomic E-state index is -0.624. The van der Waals surface area contributed by atoms with Crippen molar-refractivity contribution in [1.29, 1.82) is 0 Å². The van der Waals surface area contributed by atoms with Crippen LogP contribution >= 0.6 is 0 Å². The van der Waals surface area contributed by atoms with Crippen molar-refractivity contribution in [3.05, 3.63) is 240 Å². The molecule has 9 aromatic rings. The van der Waals surface area contributed by atoms with Gasteiger partial charge in [0.1, 0.15) is 11.6 Å². The topological polar surface area (TPSA) is 32.3 Å². The third-order valence-electron chi connectivity index (χ3n) is 13.1. The molecule has 4 heteroatoms. The third-order valence-corrected chi connectivity index (χ3v) is 13.1. The Labute approximate surface area is 350 Å². The van der Waals surface area contributed by atoms with Crippen molar-refractivity contribution in [2.75, 3.05) is 9.80 Å². The minimum absolute atomic E-state index is 0.318. The number of para-hydroxylation sites is 2. The standard InChI is InChI=1S/C56H40N4/c1-55(2)44-26-12-11-25-42(44)53-49(60(38-21-7-4-8-22-38)51-30-16-18-34-58-51)36-48-52(54(53)55)43-32-31-39(59(37-19-5-3-6-20-37)50-29-15-17-33-57-50)35-47(43)56(48)45-27-13-9-23-40(45)41-24-10-14-28-46(41)56/h3-36H,1-2H3. The second-order valence-corrected chi connectivity index (χ2v) is 16.5. The second kappa shape index (κ2) is 13.0. The lowest BCUT2D eigenvalue weighted by atomic mass is 9.69. The van der Waals surface area contributed by atoms with E-state index in [-0.39, 0.29) is 5.41 Å². The minimum Gasteiger partial charge on any atom is -0.295 e. The Morgan fingerprint density at radius 1 is 0.367 bits per heavy atom. The van der Waals surface area contributed by atoms with Crippen molar-refractivity contribution in [1.82, 2.24) is 9.97 Å². The molecule has 60 heavy (non-hydrogen) atoms. The predicted molar refractivity (Wildman–Crippen MR) is 245 cm³/mol. The molecule has 2 aromatic heterocycles. The van der Waals surface area contributed by atoms with Gasteiger partial charge in [0.25, 0.3) is 0 Å². The van der Waals surface area contributed by atoms with Crippen LogP contribution in [0.25, 0.3) is 33.4 Å². The highest BCUT2D eigenvalue weighted by Crippen LogP contribution is 2.68. The van der Waals surface area contributed by atoms with Crippen LogP contribution in [0.2, 0.25) is 0 Å². The molecule has 0 aliphatic heterocycles. The van der Waals surface area contributed by atoms with Gasteiger partial charge in [-0.25, -0.2) is 9.97 Å². The summed E-state index contributed by atoms with van der Waals surface area (Å²) in [5, 5.41) is 0. The summed E-state index contributed by atoms with van der Waals surface area (Å²) in [6.45, 7) is 4.84. The fourth-order valence-corrected chi connectivity index (χ4v) is 10.8. The lowest BCUT2D eigenvalue weighted by Gasteiger charge is -2.34. The number of benzene rings is 7. The first-order chi connectivity index (χ1) is 29.6. The Morgan fingerprint density at radius 3 is 1.47 bits per heavy atom. The molecule has 3 aliphatic carbocycles. The van der Waals surface area contributed by atoms with Crippen LogP contribution in [-0.4, -0.2) is 9.97 Å². The normalized spacial score (nSPS) is 14.1. The largest absolute Gasteiger partial charge is 0.295 e. The van der Waals surface area contributed by atoms with E-state index in [2.05, 4.69) is 206 Å². The smallest absolute Gasteiger partial charge is 0.137 e. The van der Waals surface area contributed by atoms with Crippen molar-refractivity contribution in [3.8, 4) is 33.4 Å². The van der Waals surface area contributed by atoms with E-state index in [1.165, 1.54) is 66.8 Å². The van der Waals surface area contributed by atoms with Crippen molar-refractivity contribution >= 4 is 34.4 Å². The molecule has 0 atom stereocenters. The Morgan fingerprint density at radius 2 is 0.867 bits per heavy atom. The summed E-state index contributed by atoms with van der Waals surface area (Å²) in [7, 11) is 0. The van der Waals surface area contributed by atoms with Gasteiger partial charge in [0, 0.05) is 40.4 Å². The first kappa shape index (κ1) is 34.5. The van der Waals surface area contributed by atoms with E-state index in [1.54, 1.807) is 0 Å². The fraction of sp³-hybridized carbons (Fsp3) is 0.0714. The maximum atomic E-state index is 5.05. The Balaban J connectivity index is 1.25. The number of rotatable bonds is 6.